The summed E-state index contributed by atoms with van der Waals surface area (Å²) in [5, 5.41) is 0. The normalized spacial score (nSPS) is 25.7. The van der Waals surface area contributed by atoms with Gasteiger partial charge in [-0.1, -0.05) is 44.0 Å². The Balaban J connectivity index is 1.46. The molecular weight excluding hydrogens is 442 g/mol. The lowest BCUT2D eigenvalue weighted by atomic mass is 9.63. The van der Waals surface area contributed by atoms with Crippen LogP contribution >= 0.6 is 0 Å². The van der Waals surface area contributed by atoms with Crippen LogP contribution in [-0.4, -0.2) is 12.5 Å². The molecule has 4 atom stereocenters. The minimum absolute atomic E-state index is 0.117. The van der Waals surface area contributed by atoms with E-state index in [-0.39, 0.29) is 5.56 Å². The van der Waals surface area contributed by atoms with Crippen molar-refractivity contribution in [2.24, 2.45) is 17.8 Å². The molecule has 33 heavy (non-hydrogen) atoms. The van der Waals surface area contributed by atoms with Gasteiger partial charge in [0, 0.05) is 0 Å². The average molecular weight is 470 g/mol. The van der Waals surface area contributed by atoms with E-state index in [1.54, 1.807) is 12.1 Å². The summed E-state index contributed by atoms with van der Waals surface area (Å²) < 4.78 is 82.8. The average Bonchev–Trinajstić information content (AvgIpc) is 2.80. The van der Waals surface area contributed by atoms with Crippen LogP contribution < -0.4 is 4.74 Å². The van der Waals surface area contributed by atoms with Crippen molar-refractivity contribution in [3.63, 3.8) is 0 Å². The van der Waals surface area contributed by atoms with Gasteiger partial charge in [-0.3, -0.25) is 0 Å². The predicted octanol–water partition coefficient (Wildman–Crippen LogP) is 8.58. The van der Waals surface area contributed by atoms with E-state index in [1.165, 1.54) is 37.7 Å². The van der Waals surface area contributed by atoms with E-state index in [0.717, 1.165) is 42.7 Å². The summed E-state index contributed by atoms with van der Waals surface area (Å²) >= 11 is 0. The van der Waals surface area contributed by atoms with Crippen molar-refractivity contribution in [1.29, 1.82) is 0 Å². The van der Waals surface area contributed by atoms with E-state index in [1.807, 2.05) is 12.1 Å². The van der Waals surface area contributed by atoms with E-state index in [9.17, 15) is 26.3 Å². The molecule has 4 unspecified atom stereocenters. The van der Waals surface area contributed by atoms with E-state index in [2.05, 4.69) is 11.7 Å². The van der Waals surface area contributed by atoms with Gasteiger partial charge in [0.05, 0.1) is 0 Å². The SMILES string of the molecule is CCC1CCC2CC(c3ccc(-c4cc(F)c(OC(F)(F)C(F)F)c(F)c4)cc3)CCC2C1. The number of alkyl halides is 4. The summed E-state index contributed by atoms with van der Waals surface area (Å²) in [6.07, 6.45) is -0.476. The van der Waals surface area contributed by atoms with Crippen LogP contribution in [0.2, 0.25) is 0 Å². The second-order valence-electron chi connectivity index (χ2n) is 9.47. The highest BCUT2D eigenvalue weighted by atomic mass is 19.3. The Hall–Kier alpha value is -2.18. The minimum atomic E-state index is -4.99. The van der Waals surface area contributed by atoms with Crippen molar-refractivity contribution in [1.82, 2.24) is 0 Å². The molecule has 2 fully saturated rings. The molecule has 0 radical (unpaired) electrons. The van der Waals surface area contributed by atoms with E-state index in [0.29, 0.717) is 11.5 Å². The maximum atomic E-state index is 14.2. The highest BCUT2D eigenvalue weighted by molar-refractivity contribution is 5.65. The summed E-state index contributed by atoms with van der Waals surface area (Å²) in [7, 11) is 0. The molecule has 2 aliphatic carbocycles. The van der Waals surface area contributed by atoms with E-state index < -0.39 is 29.9 Å². The van der Waals surface area contributed by atoms with Gasteiger partial charge in [0.15, 0.2) is 17.4 Å². The van der Waals surface area contributed by atoms with Crippen LogP contribution in [0.4, 0.5) is 26.3 Å². The molecule has 0 N–H and O–H groups in total. The van der Waals surface area contributed by atoms with Crippen molar-refractivity contribution in [3.8, 4) is 16.9 Å². The van der Waals surface area contributed by atoms with Crippen LogP contribution in [0.1, 0.15) is 63.4 Å². The molecule has 2 saturated carbocycles. The molecule has 2 aromatic rings. The Bertz CT molecular complexity index is 935. The first-order chi connectivity index (χ1) is 15.7. The zero-order valence-corrected chi connectivity index (χ0v) is 18.5. The number of hydrogen-bond donors (Lipinski definition) is 0. The van der Waals surface area contributed by atoms with Crippen LogP contribution in [0.25, 0.3) is 11.1 Å². The number of halogens is 6. The van der Waals surface area contributed by atoms with Crippen LogP contribution in [0.5, 0.6) is 5.75 Å². The van der Waals surface area contributed by atoms with Gasteiger partial charge in [0.25, 0.3) is 0 Å². The lowest BCUT2D eigenvalue weighted by Gasteiger charge is -2.42. The Morgan fingerprint density at radius 3 is 2.09 bits per heavy atom. The van der Waals surface area contributed by atoms with Crippen molar-refractivity contribution in [2.45, 2.75) is 70.3 Å². The van der Waals surface area contributed by atoms with Gasteiger partial charge in [-0.15, -0.1) is 0 Å². The standard InChI is InChI=1S/C26H28F6O/c1-2-15-3-4-20-12-19(10-9-18(20)11-15)16-5-7-17(8-6-16)21-13-22(27)24(23(28)14-21)33-26(31,32)25(29)30/h5-8,13-15,18-20,25H,2-4,9-12H2,1H3. The van der Waals surface area contributed by atoms with Crippen LogP contribution in [0, 0.1) is 29.4 Å². The van der Waals surface area contributed by atoms with Gasteiger partial charge in [0.1, 0.15) is 0 Å². The maximum Gasteiger partial charge on any atom is 0.461 e. The fourth-order valence-electron chi connectivity index (χ4n) is 5.61. The van der Waals surface area contributed by atoms with Crippen molar-refractivity contribution >= 4 is 0 Å². The third kappa shape index (κ3) is 5.17. The summed E-state index contributed by atoms with van der Waals surface area (Å²) in [4.78, 5) is 0. The summed E-state index contributed by atoms with van der Waals surface area (Å²) in [5.74, 6) is -1.54. The predicted molar refractivity (Wildman–Crippen MR) is 115 cm³/mol. The number of ether oxygens (including phenoxy) is 1. The molecule has 0 aromatic heterocycles. The Kier molecular flexibility index (Phi) is 6.96. The molecule has 0 amide bonds. The molecule has 2 aliphatic rings. The first-order valence-corrected chi connectivity index (χ1v) is 11.6. The second kappa shape index (κ2) is 9.59. The van der Waals surface area contributed by atoms with Crippen molar-refractivity contribution in [3.05, 3.63) is 53.6 Å². The number of fused-ring (bicyclic) bond motifs is 1. The van der Waals surface area contributed by atoms with Gasteiger partial charge in [-0.05, 0) is 84.6 Å². The Labute approximate surface area is 190 Å². The third-order valence-electron chi connectivity index (χ3n) is 7.50. The summed E-state index contributed by atoms with van der Waals surface area (Å²) in [6.45, 7) is 2.27. The highest BCUT2D eigenvalue weighted by Crippen LogP contribution is 2.48. The third-order valence-corrected chi connectivity index (χ3v) is 7.50. The van der Waals surface area contributed by atoms with E-state index >= 15 is 0 Å². The van der Waals surface area contributed by atoms with Gasteiger partial charge in [-0.25, -0.2) is 8.78 Å². The van der Waals surface area contributed by atoms with Gasteiger partial charge in [0.2, 0.25) is 0 Å². The van der Waals surface area contributed by atoms with Crippen LogP contribution in [0.3, 0.4) is 0 Å². The molecule has 0 bridgehead atoms. The lowest BCUT2D eigenvalue weighted by Crippen LogP contribution is -2.34. The highest BCUT2D eigenvalue weighted by Gasteiger charge is 2.45. The fourth-order valence-corrected chi connectivity index (χ4v) is 5.61. The zero-order valence-electron chi connectivity index (χ0n) is 18.5. The summed E-state index contributed by atoms with van der Waals surface area (Å²) in [6, 6.07) is 9.01. The van der Waals surface area contributed by atoms with Gasteiger partial charge < -0.3 is 4.74 Å². The number of hydrogen-bond acceptors (Lipinski definition) is 1. The van der Waals surface area contributed by atoms with Gasteiger partial charge in [-0.2, -0.15) is 17.6 Å². The van der Waals surface area contributed by atoms with Crippen molar-refractivity contribution < 1.29 is 31.1 Å². The molecule has 180 valence electrons. The first kappa shape index (κ1) is 24.0. The molecule has 7 heteroatoms. The molecule has 2 aromatic carbocycles. The second-order valence-corrected chi connectivity index (χ2v) is 9.47. The number of rotatable bonds is 6. The van der Waals surface area contributed by atoms with Crippen LogP contribution in [-0.2, 0) is 0 Å². The molecule has 0 heterocycles. The molecule has 4 rings (SSSR count). The van der Waals surface area contributed by atoms with Crippen molar-refractivity contribution in [2.75, 3.05) is 0 Å². The molecule has 0 aliphatic heterocycles. The van der Waals surface area contributed by atoms with E-state index in [4.69, 9.17) is 0 Å². The Morgan fingerprint density at radius 1 is 0.879 bits per heavy atom. The van der Waals surface area contributed by atoms with Gasteiger partial charge >= 0.3 is 12.5 Å². The monoisotopic (exact) mass is 470 g/mol. The Morgan fingerprint density at radius 2 is 1.48 bits per heavy atom. The fraction of sp³-hybridized carbons (Fsp3) is 0.538. The molecular formula is C26H28F6O. The quantitative estimate of drug-likeness (QED) is 0.384. The van der Waals surface area contributed by atoms with Crippen LogP contribution in [0.15, 0.2) is 36.4 Å². The lowest BCUT2D eigenvalue weighted by molar-refractivity contribution is -0.255. The smallest absolute Gasteiger partial charge is 0.422 e. The maximum absolute atomic E-state index is 14.2. The minimum Gasteiger partial charge on any atom is -0.422 e. The molecule has 1 nitrogen and oxygen atoms in total. The zero-order chi connectivity index (χ0) is 23.8. The number of benzene rings is 2. The first-order valence-electron chi connectivity index (χ1n) is 11.6. The summed E-state index contributed by atoms with van der Waals surface area (Å²) in [5.41, 5.74) is 1.80. The molecule has 0 spiro atoms. The molecule has 0 saturated heterocycles. The topological polar surface area (TPSA) is 9.23 Å². The largest absolute Gasteiger partial charge is 0.461 e.